The van der Waals surface area contributed by atoms with Crippen molar-refractivity contribution in [1.29, 1.82) is 0 Å². The Bertz CT molecular complexity index is 983. The fraction of sp³-hybridized carbons (Fsp3) is 0.148. The van der Waals surface area contributed by atoms with E-state index in [1.165, 1.54) is 19.8 Å². The van der Waals surface area contributed by atoms with E-state index in [4.69, 9.17) is 34.4 Å². The number of carboxylic acid groups (broad SMARTS) is 3. The molecule has 35 heavy (non-hydrogen) atoms. The van der Waals surface area contributed by atoms with Crippen molar-refractivity contribution in [3.8, 4) is 5.75 Å². The Morgan fingerprint density at radius 2 is 1.03 bits per heavy atom. The summed E-state index contributed by atoms with van der Waals surface area (Å²) in [5.74, 6) is -1.50. The molecule has 0 amide bonds. The van der Waals surface area contributed by atoms with Gasteiger partial charge in [-0.3, -0.25) is 14.4 Å². The summed E-state index contributed by atoms with van der Waals surface area (Å²) in [5.41, 5.74) is 3.62. The van der Waals surface area contributed by atoms with Crippen LogP contribution in [0.15, 0.2) is 91.0 Å². The number of carboxylic acids is 3. The zero-order chi connectivity index (χ0) is 26.6. The van der Waals surface area contributed by atoms with Gasteiger partial charge in [0.1, 0.15) is 0 Å². The first-order valence-corrected chi connectivity index (χ1v) is 12.3. The Morgan fingerprint density at radius 3 is 1.40 bits per heavy atom. The molecule has 0 saturated heterocycles. The van der Waals surface area contributed by atoms with Gasteiger partial charge in [-0.2, -0.15) is 0 Å². The molecule has 3 aromatic carbocycles. The average Bonchev–Trinajstić information content (AvgIpc) is 2.78. The molecule has 7 nitrogen and oxygen atoms in total. The van der Waals surface area contributed by atoms with Crippen LogP contribution in [0.5, 0.6) is 5.75 Å². The van der Waals surface area contributed by atoms with Gasteiger partial charge in [0.15, 0.2) is 0 Å². The Hall–Kier alpha value is -3.47. The van der Waals surface area contributed by atoms with E-state index in [0.29, 0.717) is 6.61 Å². The predicted octanol–water partition coefficient (Wildman–Crippen LogP) is 4.26. The van der Waals surface area contributed by atoms with Gasteiger partial charge in [0.2, 0.25) is 0 Å². The molecular formula is C27H29O7Pb. The topological polar surface area (TPSA) is 121 Å². The molecule has 8 heteroatoms. The van der Waals surface area contributed by atoms with Crippen molar-refractivity contribution in [2.45, 2.75) is 20.8 Å². The van der Waals surface area contributed by atoms with Crippen LogP contribution in [0.1, 0.15) is 31.9 Å². The van der Waals surface area contributed by atoms with Crippen LogP contribution in [-0.4, -0.2) is 65.6 Å². The molecule has 0 saturated carbocycles. The Kier molecular flexibility index (Phi) is 17.0. The first-order valence-electron chi connectivity index (χ1n) is 10.4. The van der Waals surface area contributed by atoms with Crippen molar-refractivity contribution in [3.05, 3.63) is 102 Å². The summed E-state index contributed by atoms with van der Waals surface area (Å²) in [4.78, 5) is 27.0. The van der Waals surface area contributed by atoms with Crippen molar-refractivity contribution in [2.75, 3.05) is 6.61 Å². The van der Waals surface area contributed by atoms with Gasteiger partial charge in [0, 0.05) is 20.8 Å². The number of aliphatic carboxylic acids is 3. The predicted molar refractivity (Wildman–Crippen MR) is 137 cm³/mol. The third-order valence-electron chi connectivity index (χ3n) is 3.58. The molecule has 0 heterocycles. The van der Waals surface area contributed by atoms with Gasteiger partial charge >= 0.3 is 154 Å². The van der Waals surface area contributed by atoms with Crippen molar-refractivity contribution in [2.24, 2.45) is 0 Å². The molecule has 3 N–H and O–H groups in total. The summed E-state index contributed by atoms with van der Waals surface area (Å²) in [5, 5.41) is 22.2. The van der Waals surface area contributed by atoms with Crippen LogP contribution in [0.2, 0.25) is 0 Å². The number of ether oxygens (including phenoxy) is 1. The fourth-order valence-corrected chi connectivity index (χ4v) is 3.42. The molecule has 0 aromatic heterocycles. The Morgan fingerprint density at radius 1 is 0.686 bits per heavy atom. The van der Waals surface area contributed by atoms with Crippen LogP contribution in [0.25, 0.3) is 5.57 Å². The van der Waals surface area contributed by atoms with Crippen LogP contribution in [0, 0.1) is 0 Å². The molecular weight excluding hydrogens is 643 g/mol. The second kappa shape index (κ2) is 18.9. The molecule has 3 radical (unpaired) electrons. The number of rotatable bonds is 5. The average molecular weight is 673 g/mol. The van der Waals surface area contributed by atoms with E-state index in [0.717, 1.165) is 52.3 Å². The second-order valence-electron chi connectivity index (χ2n) is 6.71. The summed E-state index contributed by atoms with van der Waals surface area (Å²) in [6, 6.07) is 29.2. The SMILES string of the molecule is CC(=O)O.CC(=O)O.CC(=O)O.[Pb][c]1ccccc1OCC=C(c1ccccc1)c1ccccc1. The molecule has 0 spiro atoms. The van der Waals surface area contributed by atoms with Gasteiger partial charge in [-0.25, -0.2) is 0 Å². The molecule has 0 bridgehead atoms. The minimum absolute atomic E-state index is 0.568. The molecule has 3 rings (SSSR count). The van der Waals surface area contributed by atoms with E-state index in [1.807, 2.05) is 24.3 Å². The van der Waals surface area contributed by atoms with E-state index >= 15 is 0 Å². The van der Waals surface area contributed by atoms with E-state index in [-0.39, 0.29) is 0 Å². The first kappa shape index (κ1) is 31.5. The molecule has 0 unspecified atom stereocenters. The van der Waals surface area contributed by atoms with Gasteiger partial charge in [0.05, 0.1) is 0 Å². The van der Waals surface area contributed by atoms with E-state index < -0.39 is 17.9 Å². The van der Waals surface area contributed by atoms with Crippen LogP contribution in [0.4, 0.5) is 0 Å². The number of carbonyl (C=O) groups is 3. The molecule has 183 valence electrons. The van der Waals surface area contributed by atoms with Gasteiger partial charge in [0.25, 0.3) is 17.9 Å². The third-order valence-corrected chi connectivity index (χ3v) is 5.19. The van der Waals surface area contributed by atoms with Crippen molar-refractivity contribution >= 4 is 52.4 Å². The fourth-order valence-electron chi connectivity index (χ4n) is 2.45. The minimum atomic E-state index is -0.833. The van der Waals surface area contributed by atoms with Crippen molar-refractivity contribution in [3.63, 3.8) is 0 Å². The van der Waals surface area contributed by atoms with Crippen molar-refractivity contribution in [1.82, 2.24) is 0 Å². The third kappa shape index (κ3) is 17.6. The molecule has 0 aliphatic rings. The van der Waals surface area contributed by atoms with Crippen molar-refractivity contribution < 1.29 is 34.4 Å². The summed E-state index contributed by atoms with van der Waals surface area (Å²) in [6.07, 6.45) is 2.17. The molecule has 0 aliphatic heterocycles. The summed E-state index contributed by atoms with van der Waals surface area (Å²) < 4.78 is 7.26. The van der Waals surface area contributed by atoms with E-state index in [2.05, 4.69) is 66.7 Å². The molecule has 0 atom stereocenters. The quantitative estimate of drug-likeness (QED) is 0.347. The Labute approximate surface area is 221 Å². The molecule has 0 fully saturated rings. The molecule has 0 aliphatic carbocycles. The summed E-state index contributed by atoms with van der Waals surface area (Å²) >= 11 is 0.994. The van der Waals surface area contributed by atoms with Gasteiger partial charge in [-0.1, -0.05) is 0 Å². The van der Waals surface area contributed by atoms with E-state index in [1.54, 1.807) is 0 Å². The van der Waals surface area contributed by atoms with Crippen LogP contribution in [0.3, 0.4) is 0 Å². The zero-order valence-electron chi connectivity index (χ0n) is 19.8. The van der Waals surface area contributed by atoms with Crippen LogP contribution < -0.4 is 7.86 Å². The number of hydrogen-bond acceptors (Lipinski definition) is 4. The van der Waals surface area contributed by atoms with Crippen LogP contribution in [-0.2, 0) is 14.4 Å². The monoisotopic (exact) mass is 673 g/mol. The van der Waals surface area contributed by atoms with Crippen LogP contribution >= 0.6 is 0 Å². The first-order chi connectivity index (χ1) is 16.5. The van der Waals surface area contributed by atoms with Gasteiger partial charge in [-0.05, 0) is 0 Å². The van der Waals surface area contributed by atoms with Gasteiger partial charge < -0.3 is 15.3 Å². The second-order valence-corrected chi connectivity index (χ2v) is 8.81. The number of hydrogen-bond donors (Lipinski definition) is 3. The molecule has 3 aromatic rings. The number of para-hydroxylation sites is 1. The number of benzene rings is 3. The normalized spacial score (nSPS) is 8.80. The summed E-state index contributed by atoms with van der Waals surface area (Å²) in [7, 11) is 0. The van der Waals surface area contributed by atoms with Gasteiger partial charge in [-0.15, -0.1) is 0 Å². The summed E-state index contributed by atoms with van der Waals surface area (Å²) in [6.45, 7) is 3.82. The maximum atomic E-state index is 9.00. The van der Waals surface area contributed by atoms with E-state index in [9.17, 15) is 0 Å². The standard InChI is InChI=1S/C21H17O.3C2H4O2.Pb/c1-4-10-18(11-5-1)21(19-12-6-2-7-13-19)16-17-22-20-14-8-3-9-15-20;3*1-2(3)4;/h1-14,16H,17H2;3*1H3,(H,3,4);. The zero-order valence-corrected chi connectivity index (χ0v) is 23.7. The maximum absolute atomic E-state index is 9.00. The Balaban J connectivity index is 0.000000807.